The fourth-order valence-corrected chi connectivity index (χ4v) is 1.78. The third kappa shape index (κ3) is 3.64. The van der Waals surface area contributed by atoms with Crippen molar-refractivity contribution in [3.8, 4) is 0 Å². The molecule has 0 spiro atoms. The van der Waals surface area contributed by atoms with E-state index in [1.54, 1.807) is 7.11 Å². The van der Waals surface area contributed by atoms with Gasteiger partial charge in [0.15, 0.2) is 0 Å². The van der Waals surface area contributed by atoms with Gasteiger partial charge in [-0.1, -0.05) is 20.8 Å². The molecule has 0 saturated carbocycles. The number of anilines is 1. The van der Waals surface area contributed by atoms with Crippen LogP contribution in [0, 0.1) is 0 Å². The van der Waals surface area contributed by atoms with Crippen LogP contribution in [0.2, 0.25) is 0 Å². The highest BCUT2D eigenvalue weighted by molar-refractivity contribution is 9.10. The second-order valence-electron chi connectivity index (χ2n) is 4.87. The summed E-state index contributed by atoms with van der Waals surface area (Å²) in [7, 11) is 1.66. The Morgan fingerprint density at radius 2 is 1.94 bits per heavy atom. The molecule has 0 atom stereocenters. The predicted octanol–water partition coefficient (Wildman–Crippen LogP) is 3.11. The van der Waals surface area contributed by atoms with Crippen LogP contribution >= 0.6 is 15.9 Å². The van der Waals surface area contributed by atoms with Gasteiger partial charge in [0.1, 0.15) is 11.6 Å². The normalized spacial score (nSPS) is 11.6. The van der Waals surface area contributed by atoms with Gasteiger partial charge >= 0.3 is 0 Å². The van der Waals surface area contributed by atoms with Crippen LogP contribution in [0.5, 0.6) is 0 Å². The molecule has 0 aromatic carbocycles. The maximum atomic E-state index is 5.16. The first-order valence-electron chi connectivity index (χ1n) is 5.69. The van der Waals surface area contributed by atoms with Crippen LogP contribution in [0.3, 0.4) is 0 Å². The summed E-state index contributed by atoms with van der Waals surface area (Å²) in [5, 5.41) is 3.23. The number of hydrogen-bond donors (Lipinski definition) is 1. The zero-order valence-electron chi connectivity index (χ0n) is 11.1. The first-order chi connectivity index (χ1) is 7.90. The summed E-state index contributed by atoms with van der Waals surface area (Å²) < 4.78 is 6.04. The van der Waals surface area contributed by atoms with Gasteiger partial charge in [0.25, 0.3) is 0 Å². The number of ether oxygens (including phenoxy) is 1. The molecule has 1 aromatic rings. The maximum Gasteiger partial charge on any atom is 0.144 e. The predicted molar refractivity (Wildman–Crippen MR) is 73.3 cm³/mol. The smallest absolute Gasteiger partial charge is 0.144 e. The molecule has 17 heavy (non-hydrogen) atoms. The van der Waals surface area contributed by atoms with Gasteiger partial charge < -0.3 is 10.1 Å². The molecule has 0 radical (unpaired) electrons. The Morgan fingerprint density at radius 1 is 1.29 bits per heavy atom. The van der Waals surface area contributed by atoms with Gasteiger partial charge in [-0.2, -0.15) is 0 Å². The van der Waals surface area contributed by atoms with Gasteiger partial charge in [-0.05, 0) is 22.9 Å². The second-order valence-corrected chi connectivity index (χ2v) is 5.66. The molecule has 0 aliphatic carbocycles. The van der Waals surface area contributed by atoms with Crippen LogP contribution in [0.25, 0.3) is 0 Å². The third-order valence-electron chi connectivity index (χ3n) is 2.22. The summed E-state index contributed by atoms with van der Waals surface area (Å²) >= 11 is 3.52. The lowest BCUT2D eigenvalue weighted by atomic mass is 9.95. The minimum absolute atomic E-state index is 0.0760. The zero-order chi connectivity index (χ0) is 13.1. The molecular formula is C12H20BrN3O. The van der Waals surface area contributed by atoms with E-state index >= 15 is 0 Å². The second kappa shape index (κ2) is 5.78. The molecule has 0 saturated heterocycles. The Labute approximate surface area is 111 Å². The molecule has 1 rings (SSSR count). The van der Waals surface area contributed by atoms with E-state index in [4.69, 9.17) is 4.74 Å². The Balaban J connectivity index is 3.26. The van der Waals surface area contributed by atoms with Crippen molar-refractivity contribution < 1.29 is 4.74 Å². The quantitative estimate of drug-likeness (QED) is 0.928. The van der Waals surface area contributed by atoms with Gasteiger partial charge in [0, 0.05) is 19.1 Å². The lowest BCUT2D eigenvalue weighted by molar-refractivity contribution is 0.180. The monoisotopic (exact) mass is 301 g/mol. The molecule has 4 nitrogen and oxygen atoms in total. The summed E-state index contributed by atoms with van der Waals surface area (Å²) in [5.74, 6) is 1.66. The highest BCUT2D eigenvalue weighted by Crippen LogP contribution is 2.28. The number of aromatic nitrogens is 2. The third-order valence-corrected chi connectivity index (χ3v) is 3.05. The van der Waals surface area contributed by atoms with Crippen molar-refractivity contribution in [2.45, 2.75) is 39.7 Å². The SMILES string of the molecule is CCNc1nc(C(C)(C)C)nc(COC)c1Br. The highest BCUT2D eigenvalue weighted by Gasteiger charge is 2.21. The van der Waals surface area contributed by atoms with Gasteiger partial charge in [0.05, 0.1) is 16.8 Å². The van der Waals surface area contributed by atoms with Gasteiger partial charge in [0.2, 0.25) is 0 Å². The van der Waals surface area contributed by atoms with Crippen molar-refractivity contribution in [2.75, 3.05) is 19.0 Å². The van der Waals surface area contributed by atoms with Crippen LogP contribution in [0.15, 0.2) is 4.47 Å². The molecule has 96 valence electrons. The molecule has 0 aliphatic heterocycles. The standard InChI is InChI=1S/C12H20BrN3O/c1-6-14-10-9(13)8(7-17-5)15-11(16-10)12(2,3)4/h6-7H2,1-5H3,(H,14,15,16). The number of nitrogens with one attached hydrogen (secondary N) is 1. The molecule has 1 aromatic heterocycles. The van der Waals surface area contributed by atoms with E-state index in [-0.39, 0.29) is 5.41 Å². The fourth-order valence-electron chi connectivity index (χ4n) is 1.35. The van der Waals surface area contributed by atoms with Gasteiger partial charge in [-0.3, -0.25) is 0 Å². The maximum absolute atomic E-state index is 5.16. The molecule has 1 heterocycles. The summed E-state index contributed by atoms with van der Waals surface area (Å²) in [5.41, 5.74) is 0.802. The Kier molecular flexibility index (Phi) is 4.89. The minimum Gasteiger partial charge on any atom is -0.378 e. The zero-order valence-corrected chi connectivity index (χ0v) is 12.7. The number of rotatable bonds is 4. The Hall–Kier alpha value is -0.680. The summed E-state index contributed by atoms with van der Waals surface area (Å²) in [6.45, 7) is 9.64. The van der Waals surface area contributed by atoms with Gasteiger partial charge in [-0.15, -0.1) is 0 Å². The topological polar surface area (TPSA) is 47.0 Å². The van der Waals surface area contributed by atoms with Crippen LogP contribution in [0.1, 0.15) is 39.2 Å². The van der Waals surface area contributed by atoms with E-state index in [0.717, 1.165) is 28.4 Å². The van der Waals surface area contributed by atoms with Crippen molar-refractivity contribution in [3.63, 3.8) is 0 Å². The largest absolute Gasteiger partial charge is 0.378 e. The molecule has 0 amide bonds. The molecular weight excluding hydrogens is 282 g/mol. The Bertz CT molecular complexity index is 361. The lowest BCUT2D eigenvalue weighted by Crippen LogP contribution is -2.19. The van der Waals surface area contributed by atoms with Crippen LogP contribution in [0.4, 0.5) is 5.82 Å². The molecule has 1 N–H and O–H groups in total. The molecule has 5 heteroatoms. The average Bonchev–Trinajstić information content (AvgIpc) is 2.22. The highest BCUT2D eigenvalue weighted by atomic mass is 79.9. The van der Waals surface area contributed by atoms with Crippen LogP contribution in [-0.4, -0.2) is 23.6 Å². The summed E-state index contributed by atoms with van der Waals surface area (Å²) in [6, 6.07) is 0. The van der Waals surface area contributed by atoms with E-state index in [1.165, 1.54) is 0 Å². The van der Waals surface area contributed by atoms with Crippen molar-refractivity contribution in [2.24, 2.45) is 0 Å². The number of methoxy groups -OCH3 is 1. The van der Waals surface area contributed by atoms with E-state index in [2.05, 4.69) is 52.0 Å². The molecule has 0 aliphatic rings. The molecule has 0 bridgehead atoms. The van der Waals surface area contributed by atoms with Crippen molar-refractivity contribution in [1.29, 1.82) is 0 Å². The van der Waals surface area contributed by atoms with E-state index in [9.17, 15) is 0 Å². The van der Waals surface area contributed by atoms with Crippen molar-refractivity contribution >= 4 is 21.7 Å². The van der Waals surface area contributed by atoms with Crippen LogP contribution < -0.4 is 5.32 Å². The van der Waals surface area contributed by atoms with Crippen molar-refractivity contribution in [1.82, 2.24) is 9.97 Å². The molecule has 0 fully saturated rings. The first kappa shape index (κ1) is 14.4. The summed E-state index contributed by atoms with van der Waals surface area (Å²) in [6.07, 6.45) is 0. The first-order valence-corrected chi connectivity index (χ1v) is 6.49. The fraction of sp³-hybridized carbons (Fsp3) is 0.667. The van der Waals surface area contributed by atoms with Crippen LogP contribution in [-0.2, 0) is 16.8 Å². The number of hydrogen-bond acceptors (Lipinski definition) is 4. The Morgan fingerprint density at radius 3 is 2.41 bits per heavy atom. The van der Waals surface area contributed by atoms with E-state index < -0.39 is 0 Å². The van der Waals surface area contributed by atoms with E-state index in [1.807, 2.05) is 6.92 Å². The minimum atomic E-state index is -0.0760. The van der Waals surface area contributed by atoms with E-state index in [0.29, 0.717) is 6.61 Å². The number of halogens is 1. The van der Waals surface area contributed by atoms with Gasteiger partial charge in [-0.25, -0.2) is 9.97 Å². The average molecular weight is 302 g/mol. The summed E-state index contributed by atoms with van der Waals surface area (Å²) in [4.78, 5) is 9.10. The lowest BCUT2D eigenvalue weighted by Gasteiger charge is -2.20. The number of nitrogens with zero attached hydrogens (tertiary/aromatic N) is 2. The van der Waals surface area contributed by atoms with Crippen molar-refractivity contribution in [3.05, 3.63) is 16.0 Å². The molecule has 0 unspecified atom stereocenters.